The summed E-state index contributed by atoms with van der Waals surface area (Å²) in [7, 11) is 0. The van der Waals surface area contributed by atoms with Gasteiger partial charge in [-0.15, -0.1) is 12.6 Å². The van der Waals surface area contributed by atoms with E-state index in [1.54, 1.807) is 6.26 Å². The molecular weight excluding hydrogens is 534 g/mol. The van der Waals surface area contributed by atoms with E-state index in [0.717, 1.165) is 6.92 Å². The van der Waals surface area contributed by atoms with Crippen LogP contribution < -0.4 is 27.0 Å². The smallest absolute Gasteiger partial charge is 0.305 e. The number of carbonyl (C=O) groups is 8. The molecule has 4 atom stereocenters. The quantitative estimate of drug-likeness (QED) is 0.0798. The number of nitrogens with one attached hydrogen (secondary N) is 4. The van der Waals surface area contributed by atoms with Crippen LogP contribution in [0.2, 0.25) is 0 Å². The first-order chi connectivity index (χ1) is 17.2. The molecule has 0 aromatic rings. The largest absolute Gasteiger partial charge is 0.481 e. The fraction of sp³-hybridized carbons (Fsp3) is 0.600. The highest BCUT2D eigenvalue weighted by molar-refractivity contribution is 7.98. The average molecular weight is 566 g/mol. The first kappa shape index (κ1) is 33.7. The van der Waals surface area contributed by atoms with Crippen molar-refractivity contribution >= 4 is 71.0 Å². The van der Waals surface area contributed by atoms with Crippen molar-refractivity contribution in [3.05, 3.63) is 0 Å². The molecule has 0 radical (unpaired) electrons. The Bertz CT molecular complexity index is 885. The average Bonchev–Trinajstić information content (AvgIpc) is 2.76. The number of carboxylic acids is 2. The molecule has 0 saturated carbocycles. The second-order valence-corrected chi connectivity index (χ2v) is 9.18. The zero-order valence-electron chi connectivity index (χ0n) is 20.1. The summed E-state index contributed by atoms with van der Waals surface area (Å²) in [5.41, 5.74) is 5.13. The fourth-order valence-corrected chi connectivity index (χ4v) is 3.51. The van der Waals surface area contributed by atoms with Gasteiger partial charge in [-0.1, -0.05) is 0 Å². The molecule has 15 nitrogen and oxygen atoms in total. The summed E-state index contributed by atoms with van der Waals surface area (Å²) in [6.45, 7) is 1.06. The summed E-state index contributed by atoms with van der Waals surface area (Å²) in [6.07, 6.45) is -0.455. The lowest BCUT2D eigenvalue weighted by molar-refractivity contribution is -0.141. The number of aliphatic carboxylic acids is 2. The maximum atomic E-state index is 13.0. The molecule has 37 heavy (non-hydrogen) atoms. The molecule has 0 unspecified atom stereocenters. The topological polar surface area (TPSA) is 251 Å². The van der Waals surface area contributed by atoms with Gasteiger partial charge in [0.2, 0.25) is 34.7 Å². The minimum absolute atomic E-state index is 0.0450. The Morgan fingerprint density at radius 2 is 1.19 bits per heavy atom. The molecule has 0 aromatic heterocycles. The summed E-state index contributed by atoms with van der Waals surface area (Å²) < 4.78 is 0. The third-order valence-corrected chi connectivity index (χ3v) is 5.58. The molecule has 8 N–H and O–H groups in total. The molecule has 0 bridgehead atoms. The van der Waals surface area contributed by atoms with Crippen LogP contribution in [0.15, 0.2) is 0 Å². The number of carbonyl (C=O) groups excluding carboxylic acids is 6. The molecule has 0 saturated heterocycles. The van der Waals surface area contributed by atoms with Crippen molar-refractivity contribution in [2.75, 3.05) is 12.0 Å². The lowest BCUT2D eigenvalue weighted by Crippen LogP contribution is -2.58. The van der Waals surface area contributed by atoms with Gasteiger partial charge in [0, 0.05) is 13.3 Å². The molecule has 0 rings (SSSR count). The van der Waals surface area contributed by atoms with Gasteiger partial charge in [-0.05, 0) is 24.9 Å². The number of thioether (sulfide) groups is 1. The van der Waals surface area contributed by atoms with Gasteiger partial charge in [-0.3, -0.25) is 38.4 Å². The number of thiol groups is 1. The Morgan fingerprint density at radius 1 is 0.757 bits per heavy atom. The van der Waals surface area contributed by atoms with Crippen molar-refractivity contribution < 1.29 is 48.6 Å². The molecule has 0 aromatic carbocycles. The van der Waals surface area contributed by atoms with E-state index in [1.807, 2.05) is 0 Å². The minimum Gasteiger partial charge on any atom is -0.481 e. The van der Waals surface area contributed by atoms with Crippen LogP contribution in [-0.2, 0) is 38.4 Å². The standard InChI is InChI=1S/C20H31N5O10S2/c1-9(26)22-12(7-15(28)29)19(34)23-10(3-4-14(21)27)17(32)24-11(5-6-37-2)18(33)25-13(20(35)36)8-16(30)31/h10-13H,3-8H2,1-2H3,(H2,21,27)(H,22,26)(H,23,34)(H,24,32)(H,25,33)(H,28,29)(H,30,31)(H,35,36)/t10-,11-,12-,13-/m0/s1. The van der Waals surface area contributed by atoms with Crippen molar-refractivity contribution in [3.8, 4) is 0 Å². The Labute approximate surface area is 221 Å². The summed E-state index contributed by atoms with van der Waals surface area (Å²) in [5, 5.41) is 26.0. The van der Waals surface area contributed by atoms with E-state index >= 15 is 0 Å². The van der Waals surface area contributed by atoms with Crippen LogP contribution in [0.1, 0.15) is 39.0 Å². The zero-order valence-corrected chi connectivity index (χ0v) is 21.9. The lowest BCUT2D eigenvalue weighted by Gasteiger charge is -2.25. The Kier molecular flexibility index (Phi) is 15.6. The second-order valence-electron chi connectivity index (χ2n) is 7.76. The first-order valence-electron chi connectivity index (χ1n) is 10.8. The highest BCUT2D eigenvalue weighted by Crippen LogP contribution is 2.07. The predicted molar refractivity (Wildman–Crippen MR) is 133 cm³/mol. The van der Waals surface area contributed by atoms with Crippen molar-refractivity contribution in [1.82, 2.24) is 21.3 Å². The highest BCUT2D eigenvalue weighted by atomic mass is 32.2. The molecular formula is C20H31N5O10S2. The Morgan fingerprint density at radius 3 is 1.59 bits per heavy atom. The van der Waals surface area contributed by atoms with Gasteiger partial charge in [0.15, 0.2) is 0 Å². The SMILES string of the molecule is CSCC[C@H](NC(=O)[C@H](CCC(N)=O)NC(=O)[C@H](CC(=O)O)NC(C)=O)C(=O)N[C@@H](CC(=O)O)C(=O)S. The van der Waals surface area contributed by atoms with E-state index < -0.39 is 83.6 Å². The third-order valence-electron chi connectivity index (χ3n) is 4.62. The van der Waals surface area contributed by atoms with Crippen molar-refractivity contribution in [2.24, 2.45) is 5.73 Å². The van der Waals surface area contributed by atoms with Crippen molar-refractivity contribution in [2.45, 2.75) is 63.2 Å². The van der Waals surface area contributed by atoms with E-state index in [1.165, 1.54) is 11.8 Å². The van der Waals surface area contributed by atoms with Gasteiger partial charge in [0.1, 0.15) is 24.2 Å². The lowest BCUT2D eigenvalue weighted by atomic mass is 10.1. The number of carboxylic acid groups (broad SMARTS) is 2. The molecule has 0 aliphatic carbocycles. The van der Waals surface area contributed by atoms with E-state index in [2.05, 4.69) is 33.9 Å². The monoisotopic (exact) mass is 565 g/mol. The predicted octanol–water partition coefficient (Wildman–Crippen LogP) is -2.63. The minimum atomic E-state index is -1.53. The van der Waals surface area contributed by atoms with Crippen LogP contribution in [0.25, 0.3) is 0 Å². The van der Waals surface area contributed by atoms with Gasteiger partial charge < -0.3 is 37.2 Å². The zero-order chi connectivity index (χ0) is 28.7. The molecule has 17 heteroatoms. The van der Waals surface area contributed by atoms with Crippen molar-refractivity contribution in [3.63, 3.8) is 0 Å². The van der Waals surface area contributed by atoms with Gasteiger partial charge in [0.05, 0.1) is 12.8 Å². The molecule has 0 aliphatic heterocycles. The van der Waals surface area contributed by atoms with E-state index in [0.29, 0.717) is 5.75 Å². The Hall–Kier alpha value is -3.34. The van der Waals surface area contributed by atoms with Crippen LogP contribution in [-0.4, -0.2) is 93.0 Å². The molecule has 0 spiro atoms. The van der Waals surface area contributed by atoms with E-state index in [-0.39, 0.29) is 19.3 Å². The van der Waals surface area contributed by atoms with Crippen LogP contribution in [0.5, 0.6) is 0 Å². The molecule has 208 valence electrons. The number of primary amides is 1. The maximum absolute atomic E-state index is 13.0. The summed E-state index contributed by atoms with van der Waals surface area (Å²) >= 11 is 4.89. The van der Waals surface area contributed by atoms with E-state index in [4.69, 9.17) is 15.9 Å². The van der Waals surface area contributed by atoms with Gasteiger partial charge in [-0.25, -0.2) is 0 Å². The molecule has 0 heterocycles. The van der Waals surface area contributed by atoms with Gasteiger partial charge in [0.25, 0.3) is 0 Å². The highest BCUT2D eigenvalue weighted by Gasteiger charge is 2.31. The number of nitrogens with two attached hydrogens (primary N) is 1. The number of hydrogen-bond acceptors (Lipinski definition) is 9. The van der Waals surface area contributed by atoms with Crippen LogP contribution in [0.3, 0.4) is 0 Å². The van der Waals surface area contributed by atoms with Crippen LogP contribution in [0, 0.1) is 0 Å². The number of rotatable bonds is 18. The van der Waals surface area contributed by atoms with Crippen LogP contribution >= 0.6 is 24.4 Å². The maximum Gasteiger partial charge on any atom is 0.305 e. The van der Waals surface area contributed by atoms with E-state index in [9.17, 15) is 38.4 Å². The number of amides is 5. The fourth-order valence-electron chi connectivity index (χ4n) is 2.88. The second kappa shape index (κ2) is 17.2. The summed E-state index contributed by atoms with van der Waals surface area (Å²) in [4.78, 5) is 94.6. The first-order valence-corrected chi connectivity index (χ1v) is 12.6. The number of hydrogen-bond donors (Lipinski definition) is 8. The Balaban J connectivity index is 5.78. The van der Waals surface area contributed by atoms with Gasteiger partial charge in [-0.2, -0.15) is 11.8 Å². The molecule has 5 amide bonds. The third kappa shape index (κ3) is 14.7. The molecule has 0 aliphatic rings. The summed E-state index contributed by atoms with van der Waals surface area (Å²) in [5.74, 6) is -6.80. The van der Waals surface area contributed by atoms with Crippen molar-refractivity contribution in [1.29, 1.82) is 0 Å². The normalized spacial score (nSPS) is 13.7. The van der Waals surface area contributed by atoms with Gasteiger partial charge >= 0.3 is 11.9 Å². The summed E-state index contributed by atoms with van der Waals surface area (Å²) in [6, 6.07) is -5.74. The molecule has 0 fully saturated rings. The van der Waals surface area contributed by atoms with Crippen LogP contribution in [0.4, 0.5) is 0 Å².